The first-order chi connectivity index (χ1) is 3.72. The topological polar surface area (TPSA) is 3.24 Å². The largest absolute Gasteiger partial charge is 0.249 e. The van der Waals surface area contributed by atoms with E-state index in [-0.39, 0.29) is 0 Å². The summed E-state index contributed by atoms with van der Waals surface area (Å²) in [5, 5.41) is 0. The van der Waals surface area contributed by atoms with Crippen LogP contribution in [-0.2, 0) is 0 Å². The Balaban J connectivity index is 3.35. The number of hydrogen-bond donors (Lipinski definition) is 0. The van der Waals surface area contributed by atoms with Gasteiger partial charge in [-0.15, -0.1) is 0 Å². The van der Waals surface area contributed by atoms with Crippen molar-refractivity contribution in [1.29, 1.82) is 0 Å². The molecule has 0 saturated carbocycles. The first-order valence-electron chi connectivity index (χ1n) is 3.03. The van der Waals surface area contributed by atoms with Crippen LogP contribution < -0.4 is 0 Å². The lowest BCUT2D eigenvalue weighted by molar-refractivity contribution is 0.417. The molecule has 0 atom stereocenters. The van der Waals surface area contributed by atoms with E-state index in [4.69, 9.17) is 0 Å². The minimum atomic E-state index is 0.676. The van der Waals surface area contributed by atoms with Gasteiger partial charge >= 0.3 is 0 Å². The van der Waals surface area contributed by atoms with E-state index in [9.17, 15) is 0 Å². The molecule has 0 fully saturated rings. The summed E-state index contributed by atoms with van der Waals surface area (Å²) in [6.45, 7) is 7.73. The molecule has 2 heteroatoms. The molecular weight excluding hydrogens is 118 g/mol. The van der Waals surface area contributed by atoms with Crippen LogP contribution >= 0.6 is 11.9 Å². The molecule has 0 aliphatic carbocycles. The van der Waals surface area contributed by atoms with Crippen molar-refractivity contribution in [3.05, 3.63) is 0 Å². The van der Waals surface area contributed by atoms with Gasteiger partial charge in [-0.2, -0.15) is 0 Å². The maximum Gasteiger partial charge on any atom is 0.0145 e. The van der Waals surface area contributed by atoms with E-state index >= 15 is 0 Å². The van der Waals surface area contributed by atoms with Gasteiger partial charge in [-0.05, 0) is 20.1 Å². The van der Waals surface area contributed by atoms with Crippen molar-refractivity contribution in [1.82, 2.24) is 4.31 Å². The predicted molar refractivity (Wildman–Crippen MR) is 41.0 cm³/mol. The van der Waals surface area contributed by atoms with Crippen LogP contribution in [0.3, 0.4) is 0 Å². The molecule has 0 heterocycles. The Morgan fingerprint density at radius 2 is 2.00 bits per heavy atom. The Hall–Kier alpha value is 0.310. The van der Waals surface area contributed by atoms with Crippen LogP contribution in [0.15, 0.2) is 0 Å². The van der Waals surface area contributed by atoms with Crippen LogP contribution in [0.1, 0.15) is 20.8 Å². The second kappa shape index (κ2) is 4.21. The first-order valence-corrected chi connectivity index (χ1v) is 4.21. The van der Waals surface area contributed by atoms with Crippen LogP contribution in [-0.4, -0.2) is 23.1 Å². The SMILES string of the molecule is CCN(SC)C(C)C. The minimum absolute atomic E-state index is 0.676. The maximum absolute atomic E-state index is 2.33. The summed E-state index contributed by atoms with van der Waals surface area (Å²) in [5.74, 6) is 0. The number of rotatable bonds is 3. The third-order valence-corrected chi connectivity index (χ3v) is 2.27. The lowest BCUT2D eigenvalue weighted by atomic mass is 10.4. The zero-order chi connectivity index (χ0) is 6.57. The van der Waals surface area contributed by atoms with Crippen LogP contribution in [0.25, 0.3) is 0 Å². The third-order valence-electron chi connectivity index (χ3n) is 1.12. The van der Waals surface area contributed by atoms with Crippen molar-refractivity contribution in [3.63, 3.8) is 0 Å². The molecule has 0 N–H and O–H groups in total. The van der Waals surface area contributed by atoms with Crippen molar-refractivity contribution in [2.75, 3.05) is 12.8 Å². The Labute approximate surface area is 56.6 Å². The van der Waals surface area contributed by atoms with Crippen LogP contribution in [0, 0.1) is 0 Å². The highest BCUT2D eigenvalue weighted by molar-refractivity contribution is 7.96. The zero-order valence-corrected chi connectivity index (χ0v) is 6.96. The molecule has 0 amide bonds. The highest BCUT2D eigenvalue weighted by Crippen LogP contribution is 2.08. The minimum Gasteiger partial charge on any atom is -0.249 e. The summed E-state index contributed by atoms with van der Waals surface area (Å²) in [6.07, 6.45) is 2.11. The van der Waals surface area contributed by atoms with E-state index in [1.54, 1.807) is 0 Å². The summed E-state index contributed by atoms with van der Waals surface area (Å²) in [5.41, 5.74) is 0. The number of nitrogens with zero attached hydrogens (tertiary/aromatic N) is 1. The second-order valence-electron chi connectivity index (χ2n) is 2.01. The molecule has 0 radical (unpaired) electrons. The van der Waals surface area contributed by atoms with Crippen LogP contribution in [0.4, 0.5) is 0 Å². The van der Waals surface area contributed by atoms with E-state index in [1.165, 1.54) is 0 Å². The van der Waals surface area contributed by atoms with Gasteiger partial charge in [0.15, 0.2) is 0 Å². The van der Waals surface area contributed by atoms with Gasteiger partial charge in [0.1, 0.15) is 0 Å². The average molecular weight is 133 g/mol. The van der Waals surface area contributed by atoms with Gasteiger partial charge in [0.25, 0.3) is 0 Å². The molecule has 0 rings (SSSR count). The molecule has 0 saturated heterocycles. The number of hydrogen-bond acceptors (Lipinski definition) is 2. The van der Waals surface area contributed by atoms with Gasteiger partial charge in [-0.25, -0.2) is 4.31 Å². The molecule has 0 aromatic rings. The average Bonchev–Trinajstić information content (AvgIpc) is 1.69. The molecule has 1 nitrogen and oxygen atoms in total. The van der Waals surface area contributed by atoms with Crippen molar-refractivity contribution < 1.29 is 0 Å². The second-order valence-corrected chi connectivity index (χ2v) is 2.84. The standard InChI is InChI=1S/C6H15NS/c1-5-7(8-4)6(2)3/h6H,5H2,1-4H3. The van der Waals surface area contributed by atoms with Crippen LogP contribution in [0.2, 0.25) is 0 Å². The molecule has 8 heavy (non-hydrogen) atoms. The lowest BCUT2D eigenvalue weighted by Crippen LogP contribution is -2.22. The molecule has 0 aromatic heterocycles. The molecule has 0 unspecified atom stereocenters. The highest BCUT2D eigenvalue weighted by atomic mass is 32.2. The molecular formula is C6H15NS. The van der Waals surface area contributed by atoms with Gasteiger partial charge in [0.2, 0.25) is 0 Å². The van der Waals surface area contributed by atoms with Crippen molar-refractivity contribution in [2.45, 2.75) is 26.8 Å². The van der Waals surface area contributed by atoms with Gasteiger partial charge in [0.05, 0.1) is 0 Å². The lowest BCUT2D eigenvalue weighted by Gasteiger charge is -2.20. The molecule has 50 valence electrons. The predicted octanol–water partition coefficient (Wildman–Crippen LogP) is 1.99. The summed E-state index contributed by atoms with van der Waals surface area (Å²) in [4.78, 5) is 0. The van der Waals surface area contributed by atoms with E-state index in [2.05, 4.69) is 31.3 Å². The van der Waals surface area contributed by atoms with E-state index in [0.29, 0.717) is 6.04 Å². The van der Waals surface area contributed by atoms with Crippen molar-refractivity contribution in [2.24, 2.45) is 0 Å². The van der Waals surface area contributed by atoms with Gasteiger partial charge in [-0.1, -0.05) is 18.9 Å². The Morgan fingerprint density at radius 3 is 2.00 bits per heavy atom. The highest BCUT2D eigenvalue weighted by Gasteiger charge is 2.01. The van der Waals surface area contributed by atoms with Gasteiger partial charge in [-0.3, -0.25) is 0 Å². The molecule has 0 spiro atoms. The third kappa shape index (κ3) is 2.58. The smallest absolute Gasteiger partial charge is 0.0145 e. The quantitative estimate of drug-likeness (QED) is 0.542. The molecule has 0 aromatic carbocycles. The molecule has 0 bridgehead atoms. The van der Waals surface area contributed by atoms with Gasteiger partial charge in [0, 0.05) is 12.6 Å². The summed E-state index contributed by atoms with van der Waals surface area (Å²) in [7, 11) is 0. The monoisotopic (exact) mass is 133 g/mol. The van der Waals surface area contributed by atoms with E-state index in [0.717, 1.165) is 6.54 Å². The fraction of sp³-hybridized carbons (Fsp3) is 1.00. The van der Waals surface area contributed by atoms with Gasteiger partial charge < -0.3 is 0 Å². The summed E-state index contributed by atoms with van der Waals surface area (Å²) in [6, 6.07) is 0.676. The van der Waals surface area contributed by atoms with E-state index in [1.807, 2.05) is 11.9 Å². The Morgan fingerprint density at radius 1 is 1.50 bits per heavy atom. The Bertz CT molecular complexity index is 50.5. The molecule has 0 aliphatic heterocycles. The van der Waals surface area contributed by atoms with Crippen molar-refractivity contribution >= 4 is 11.9 Å². The normalized spacial score (nSPS) is 11.2. The van der Waals surface area contributed by atoms with E-state index < -0.39 is 0 Å². The summed E-state index contributed by atoms with van der Waals surface area (Å²) < 4.78 is 2.33. The zero-order valence-electron chi connectivity index (χ0n) is 6.14. The summed E-state index contributed by atoms with van der Waals surface area (Å²) >= 11 is 1.81. The Kier molecular flexibility index (Phi) is 4.38. The molecule has 0 aliphatic rings. The van der Waals surface area contributed by atoms with Crippen LogP contribution in [0.5, 0.6) is 0 Å². The first kappa shape index (κ1) is 8.31. The maximum atomic E-state index is 2.33. The fourth-order valence-electron chi connectivity index (χ4n) is 0.705. The fourth-order valence-corrected chi connectivity index (χ4v) is 1.38. The van der Waals surface area contributed by atoms with Crippen molar-refractivity contribution in [3.8, 4) is 0 Å².